The number of aromatic nitrogens is 2. The van der Waals surface area contributed by atoms with Crippen molar-refractivity contribution >= 4 is 65.6 Å². The Labute approximate surface area is 258 Å². The summed E-state index contributed by atoms with van der Waals surface area (Å²) < 4.78 is 11.0. The quantitative estimate of drug-likeness (QED) is 0.206. The minimum atomic E-state index is 0.904. The lowest BCUT2D eigenvalue weighted by Crippen LogP contribution is -1.96. The molecule has 10 rings (SSSR count). The Morgan fingerprint density at radius 2 is 1.02 bits per heavy atom. The number of nitrogens with zero attached hydrogens (tertiary/aromatic N) is 2. The molecule has 45 heavy (non-hydrogen) atoms. The van der Waals surface area contributed by atoms with Crippen LogP contribution in [0.3, 0.4) is 0 Å². The second-order valence-electron chi connectivity index (χ2n) is 11.8. The van der Waals surface area contributed by atoms with Gasteiger partial charge in [-0.05, 0) is 71.8 Å². The van der Waals surface area contributed by atoms with Crippen LogP contribution in [0.4, 0.5) is 0 Å². The molecule has 0 bridgehead atoms. The summed E-state index contributed by atoms with van der Waals surface area (Å²) >= 11 is 0. The third-order valence-electron chi connectivity index (χ3n) is 9.31. The maximum Gasteiger partial charge on any atom is 0.135 e. The minimum absolute atomic E-state index is 0.904. The monoisotopic (exact) mass is 574 g/mol. The van der Waals surface area contributed by atoms with Gasteiger partial charge in [-0.25, -0.2) is 0 Å². The van der Waals surface area contributed by atoms with Crippen molar-refractivity contribution in [2.75, 3.05) is 0 Å². The number of furan rings is 1. The molecule has 3 aromatic heterocycles. The van der Waals surface area contributed by atoms with E-state index in [4.69, 9.17) is 4.42 Å². The highest BCUT2D eigenvalue weighted by Crippen LogP contribution is 2.41. The van der Waals surface area contributed by atoms with Crippen LogP contribution in [0.2, 0.25) is 0 Å². The fourth-order valence-electron chi connectivity index (χ4n) is 7.36. The highest BCUT2D eigenvalue weighted by atomic mass is 16.3. The summed E-state index contributed by atoms with van der Waals surface area (Å²) in [6.45, 7) is 0. The van der Waals surface area contributed by atoms with E-state index in [1.165, 1.54) is 60.4 Å². The summed E-state index contributed by atoms with van der Waals surface area (Å²) in [6.07, 6.45) is 0. The lowest BCUT2D eigenvalue weighted by Gasteiger charge is -2.12. The number of fused-ring (bicyclic) bond motifs is 9. The van der Waals surface area contributed by atoms with Crippen molar-refractivity contribution in [2.45, 2.75) is 0 Å². The van der Waals surface area contributed by atoms with E-state index in [1.54, 1.807) is 0 Å². The van der Waals surface area contributed by atoms with E-state index in [0.717, 1.165) is 27.6 Å². The molecule has 0 amide bonds. The molecule has 0 saturated heterocycles. The van der Waals surface area contributed by atoms with Crippen LogP contribution >= 0.6 is 0 Å². The predicted octanol–water partition coefficient (Wildman–Crippen LogP) is 11.4. The molecule has 7 aromatic carbocycles. The second kappa shape index (κ2) is 9.22. The Morgan fingerprint density at radius 3 is 1.89 bits per heavy atom. The van der Waals surface area contributed by atoms with Gasteiger partial charge in [0.15, 0.2) is 0 Å². The molecule has 0 saturated carbocycles. The van der Waals surface area contributed by atoms with Crippen LogP contribution in [0.15, 0.2) is 162 Å². The Morgan fingerprint density at radius 1 is 0.356 bits per heavy atom. The molecule has 3 nitrogen and oxygen atoms in total. The molecule has 3 heteroatoms. The van der Waals surface area contributed by atoms with Crippen LogP contribution in [-0.4, -0.2) is 9.13 Å². The first-order valence-electron chi connectivity index (χ1n) is 15.4. The summed E-state index contributed by atoms with van der Waals surface area (Å²) in [5.74, 6) is 0. The summed E-state index contributed by atoms with van der Waals surface area (Å²) in [4.78, 5) is 0. The Hall–Kier alpha value is -6.06. The van der Waals surface area contributed by atoms with E-state index < -0.39 is 0 Å². The molecule has 0 unspecified atom stereocenters. The molecule has 3 heterocycles. The standard InChI is InChI=1S/C42H26N2O/c1-2-11-27(12-3-1)28-21-23-37-33(25-28)30-13-4-7-16-35(30)44(37)39-19-10-18-38-42(39)32-15-5-8-17-36(32)43(38)29-22-24-41-34(26-29)31-14-6-9-20-40(31)45-41/h1-26H. The van der Waals surface area contributed by atoms with Crippen molar-refractivity contribution in [1.29, 1.82) is 0 Å². The van der Waals surface area contributed by atoms with Gasteiger partial charge in [0.2, 0.25) is 0 Å². The van der Waals surface area contributed by atoms with Gasteiger partial charge in [0.1, 0.15) is 11.2 Å². The van der Waals surface area contributed by atoms with Gasteiger partial charge in [0.25, 0.3) is 0 Å². The number of rotatable bonds is 3. The minimum Gasteiger partial charge on any atom is -0.456 e. The Kier molecular flexibility index (Phi) is 5.00. The SMILES string of the molecule is c1ccc(-c2ccc3c(c2)c2ccccc2n3-c2cccc3c2c2ccccc2n3-c2ccc3oc4ccccc4c3c2)cc1. The molecule has 0 spiro atoms. The lowest BCUT2D eigenvalue weighted by atomic mass is 10.0. The molecular weight excluding hydrogens is 548 g/mol. The van der Waals surface area contributed by atoms with Gasteiger partial charge in [-0.3, -0.25) is 0 Å². The highest BCUT2D eigenvalue weighted by Gasteiger charge is 2.20. The molecule has 0 aliphatic carbocycles. The smallest absolute Gasteiger partial charge is 0.135 e. The van der Waals surface area contributed by atoms with Gasteiger partial charge in [-0.1, -0.05) is 97.1 Å². The van der Waals surface area contributed by atoms with Crippen LogP contribution in [0.5, 0.6) is 0 Å². The topological polar surface area (TPSA) is 23.0 Å². The maximum absolute atomic E-state index is 6.17. The zero-order chi connectivity index (χ0) is 29.5. The molecule has 0 N–H and O–H groups in total. The van der Waals surface area contributed by atoms with Crippen LogP contribution in [0.25, 0.3) is 88.1 Å². The molecule has 210 valence electrons. The molecule has 0 radical (unpaired) electrons. The van der Waals surface area contributed by atoms with Crippen LogP contribution in [-0.2, 0) is 0 Å². The number of hydrogen-bond acceptors (Lipinski definition) is 1. The molecular formula is C42H26N2O. The van der Waals surface area contributed by atoms with E-state index in [9.17, 15) is 0 Å². The van der Waals surface area contributed by atoms with Gasteiger partial charge in [0, 0.05) is 38.0 Å². The molecule has 0 fully saturated rings. The van der Waals surface area contributed by atoms with Crippen molar-refractivity contribution in [3.05, 3.63) is 158 Å². The fraction of sp³-hybridized carbons (Fsp3) is 0. The van der Waals surface area contributed by atoms with Gasteiger partial charge in [-0.2, -0.15) is 0 Å². The average Bonchev–Trinajstić information content (AvgIpc) is 3.76. The van der Waals surface area contributed by atoms with E-state index >= 15 is 0 Å². The van der Waals surface area contributed by atoms with E-state index in [-0.39, 0.29) is 0 Å². The first-order valence-corrected chi connectivity index (χ1v) is 15.4. The Balaban J connectivity index is 1.28. The van der Waals surface area contributed by atoms with Crippen molar-refractivity contribution < 1.29 is 4.42 Å². The number of benzene rings is 7. The van der Waals surface area contributed by atoms with Crippen LogP contribution in [0, 0.1) is 0 Å². The zero-order valence-electron chi connectivity index (χ0n) is 24.3. The molecule has 0 aliphatic rings. The van der Waals surface area contributed by atoms with Crippen molar-refractivity contribution in [2.24, 2.45) is 0 Å². The summed E-state index contributed by atoms with van der Waals surface area (Å²) in [5, 5.41) is 7.23. The number of para-hydroxylation sites is 3. The third kappa shape index (κ3) is 3.46. The molecule has 10 aromatic rings. The van der Waals surface area contributed by atoms with E-state index in [2.05, 4.69) is 155 Å². The van der Waals surface area contributed by atoms with Gasteiger partial charge < -0.3 is 13.6 Å². The lowest BCUT2D eigenvalue weighted by molar-refractivity contribution is 0.669. The predicted molar refractivity (Wildman–Crippen MR) is 188 cm³/mol. The van der Waals surface area contributed by atoms with Gasteiger partial charge in [-0.15, -0.1) is 0 Å². The summed E-state index contributed by atoms with van der Waals surface area (Å²) in [5.41, 5.74) is 11.3. The van der Waals surface area contributed by atoms with Crippen molar-refractivity contribution in [3.8, 4) is 22.5 Å². The van der Waals surface area contributed by atoms with E-state index in [1.807, 2.05) is 12.1 Å². The van der Waals surface area contributed by atoms with Crippen molar-refractivity contribution in [1.82, 2.24) is 9.13 Å². The van der Waals surface area contributed by atoms with Crippen LogP contribution in [0.1, 0.15) is 0 Å². The number of hydrogen-bond donors (Lipinski definition) is 0. The van der Waals surface area contributed by atoms with Gasteiger partial charge in [0.05, 0.1) is 27.8 Å². The maximum atomic E-state index is 6.17. The van der Waals surface area contributed by atoms with Gasteiger partial charge >= 0.3 is 0 Å². The summed E-state index contributed by atoms with van der Waals surface area (Å²) in [7, 11) is 0. The van der Waals surface area contributed by atoms with E-state index in [0.29, 0.717) is 0 Å². The van der Waals surface area contributed by atoms with Crippen molar-refractivity contribution in [3.63, 3.8) is 0 Å². The zero-order valence-corrected chi connectivity index (χ0v) is 24.3. The molecule has 0 aliphatic heterocycles. The first kappa shape index (κ1) is 24.4. The van der Waals surface area contributed by atoms with Crippen LogP contribution < -0.4 is 0 Å². The Bertz CT molecular complexity index is 2760. The third-order valence-corrected chi connectivity index (χ3v) is 9.31. The largest absolute Gasteiger partial charge is 0.456 e. The fourth-order valence-corrected chi connectivity index (χ4v) is 7.36. The molecule has 0 atom stereocenters. The normalized spacial score (nSPS) is 12.0. The average molecular weight is 575 g/mol. The first-order chi connectivity index (χ1) is 22.3. The summed E-state index contributed by atoms with van der Waals surface area (Å²) in [6, 6.07) is 56.6. The second-order valence-corrected chi connectivity index (χ2v) is 11.8. The highest BCUT2D eigenvalue weighted by molar-refractivity contribution is 6.17.